The molecular weight excluding hydrogens is 406 g/mol. The zero-order valence-electron chi connectivity index (χ0n) is 16.1. The first kappa shape index (κ1) is 20.1. The first-order valence-electron chi connectivity index (χ1n) is 9.31. The standard InChI is InChI=1S/C21H19N3O5S/c1-29-14-8-6-13(7-9-14)24-18(26)12-17(20(24)28)30-21-22-16-5-3-2-4-15(16)19(27)23(21)10-11-25/h2-9,17,25H,10-12H2,1H3. The van der Waals surface area contributed by atoms with Gasteiger partial charge in [-0.25, -0.2) is 9.88 Å². The van der Waals surface area contributed by atoms with Crippen molar-refractivity contribution in [1.29, 1.82) is 0 Å². The van der Waals surface area contributed by atoms with Gasteiger partial charge in [-0.3, -0.25) is 19.0 Å². The molecule has 0 aliphatic carbocycles. The van der Waals surface area contributed by atoms with Crippen molar-refractivity contribution in [1.82, 2.24) is 9.55 Å². The van der Waals surface area contributed by atoms with Gasteiger partial charge in [-0.05, 0) is 36.4 Å². The number of rotatable bonds is 6. The molecule has 1 aliphatic heterocycles. The number of ether oxygens (including phenoxy) is 1. The van der Waals surface area contributed by atoms with E-state index in [1.54, 1.807) is 48.5 Å². The summed E-state index contributed by atoms with van der Waals surface area (Å²) in [6.07, 6.45) is -0.00263. The van der Waals surface area contributed by atoms with Gasteiger partial charge in [0.1, 0.15) is 11.0 Å². The highest BCUT2D eigenvalue weighted by atomic mass is 32.2. The van der Waals surface area contributed by atoms with E-state index in [0.29, 0.717) is 27.5 Å². The first-order chi connectivity index (χ1) is 14.5. The Morgan fingerprint density at radius 3 is 2.57 bits per heavy atom. The minimum atomic E-state index is -0.711. The molecule has 1 aromatic heterocycles. The van der Waals surface area contributed by atoms with E-state index in [1.807, 2.05) is 0 Å². The molecule has 1 fully saturated rings. The summed E-state index contributed by atoms with van der Waals surface area (Å²) in [5.74, 6) is -0.0650. The van der Waals surface area contributed by atoms with E-state index in [-0.39, 0.29) is 36.9 Å². The van der Waals surface area contributed by atoms with Crippen molar-refractivity contribution in [2.45, 2.75) is 23.4 Å². The fraction of sp³-hybridized carbons (Fsp3) is 0.238. The van der Waals surface area contributed by atoms with Crippen molar-refractivity contribution in [3.05, 3.63) is 58.9 Å². The summed E-state index contributed by atoms with van der Waals surface area (Å²) in [5.41, 5.74) is 0.678. The molecule has 0 radical (unpaired) electrons. The summed E-state index contributed by atoms with van der Waals surface area (Å²) in [6, 6.07) is 13.6. The molecule has 1 atom stereocenters. The van der Waals surface area contributed by atoms with Crippen LogP contribution in [0.25, 0.3) is 10.9 Å². The van der Waals surface area contributed by atoms with E-state index in [2.05, 4.69) is 4.98 Å². The number of anilines is 1. The molecule has 154 valence electrons. The van der Waals surface area contributed by atoms with Crippen molar-refractivity contribution in [2.24, 2.45) is 0 Å². The molecule has 4 rings (SSSR count). The van der Waals surface area contributed by atoms with Crippen LogP contribution in [-0.4, -0.2) is 45.4 Å². The van der Waals surface area contributed by atoms with Gasteiger partial charge in [-0.1, -0.05) is 23.9 Å². The van der Waals surface area contributed by atoms with E-state index in [0.717, 1.165) is 16.7 Å². The molecular formula is C21H19N3O5S. The molecule has 2 heterocycles. The topological polar surface area (TPSA) is 102 Å². The number of para-hydroxylation sites is 1. The number of nitrogens with zero attached hydrogens (tertiary/aromatic N) is 3. The van der Waals surface area contributed by atoms with Crippen LogP contribution in [0.1, 0.15) is 6.42 Å². The number of benzene rings is 2. The highest BCUT2D eigenvalue weighted by Crippen LogP contribution is 2.34. The van der Waals surface area contributed by atoms with Crippen molar-refractivity contribution in [3.8, 4) is 5.75 Å². The quantitative estimate of drug-likeness (QED) is 0.475. The van der Waals surface area contributed by atoms with Crippen molar-refractivity contribution in [3.63, 3.8) is 0 Å². The van der Waals surface area contributed by atoms with Crippen molar-refractivity contribution >= 4 is 40.2 Å². The summed E-state index contributed by atoms with van der Waals surface area (Å²) in [4.78, 5) is 44.0. The number of hydrogen-bond donors (Lipinski definition) is 1. The van der Waals surface area contributed by atoms with E-state index in [9.17, 15) is 19.5 Å². The molecule has 1 aliphatic rings. The van der Waals surface area contributed by atoms with E-state index in [4.69, 9.17) is 4.74 Å². The van der Waals surface area contributed by atoms with Gasteiger partial charge in [0.25, 0.3) is 5.56 Å². The molecule has 0 saturated carbocycles. The zero-order valence-corrected chi connectivity index (χ0v) is 17.0. The van der Waals surface area contributed by atoms with Gasteiger partial charge in [-0.15, -0.1) is 0 Å². The maximum absolute atomic E-state index is 13.0. The molecule has 30 heavy (non-hydrogen) atoms. The fourth-order valence-electron chi connectivity index (χ4n) is 3.36. The van der Waals surface area contributed by atoms with Crippen LogP contribution in [0.4, 0.5) is 5.69 Å². The summed E-state index contributed by atoms with van der Waals surface area (Å²) in [5, 5.41) is 9.42. The van der Waals surface area contributed by atoms with E-state index < -0.39 is 5.25 Å². The number of aliphatic hydroxyl groups is 1. The number of imide groups is 1. The molecule has 1 unspecified atom stereocenters. The zero-order chi connectivity index (χ0) is 21.3. The van der Waals surface area contributed by atoms with Gasteiger partial charge in [0.15, 0.2) is 5.16 Å². The minimum Gasteiger partial charge on any atom is -0.497 e. The molecule has 2 amide bonds. The number of carbonyl (C=O) groups is 2. The number of aromatic nitrogens is 2. The smallest absolute Gasteiger partial charge is 0.262 e. The maximum Gasteiger partial charge on any atom is 0.262 e. The Bertz CT molecular complexity index is 1180. The van der Waals surface area contributed by atoms with Crippen LogP contribution in [0.3, 0.4) is 0 Å². The Hall–Kier alpha value is -3.17. The molecule has 0 spiro atoms. The fourth-order valence-corrected chi connectivity index (χ4v) is 4.50. The Balaban J connectivity index is 1.66. The second-order valence-corrected chi connectivity index (χ2v) is 7.84. The average molecular weight is 425 g/mol. The van der Waals surface area contributed by atoms with E-state index in [1.165, 1.54) is 11.7 Å². The highest BCUT2D eigenvalue weighted by Gasteiger charge is 2.41. The second kappa shape index (κ2) is 8.29. The monoisotopic (exact) mass is 425 g/mol. The number of hydrogen-bond acceptors (Lipinski definition) is 7. The van der Waals surface area contributed by atoms with Crippen molar-refractivity contribution < 1.29 is 19.4 Å². The molecule has 9 heteroatoms. The Labute approximate surface area is 176 Å². The summed E-state index contributed by atoms with van der Waals surface area (Å²) in [7, 11) is 1.54. The second-order valence-electron chi connectivity index (χ2n) is 6.67. The maximum atomic E-state index is 13.0. The van der Waals surface area contributed by atoms with Gasteiger partial charge >= 0.3 is 0 Å². The minimum absolute atomic E-state index is 0.00263. The lowest BCUT2D eigenvalue weighted by molar-refractivity contribution is -0.121. The Kier molecular flexibility index (Phi) is 5.56. The number of amides is 2. The number of aliphatic hydroxyl groups excluding tert-OH is 1. The Morgan fingerprint density at radius 2 is 1.87 bits per heavy atom. The van der Waals surface area contributed by atoms with Crippen molar-refractivity contribution in [2.75, 3.05) is 18.6 Å². The predicted molar refractivity (Wildman–Crippen MR) is 113 cm³/mol. The third kappa shape index (κ3) is 3.57. The molecule has 2 aromatic carbocycles. The third-order valence-corrected chi connectivity index (χ3v) is 6.01. The number of fused-ring (bicyclic) bond motifs is 1. The normalized spacial score (nSPS) is 16.5. The van der Waals surface area contributed by atoms with Crippen LogP contribution >= 0.6 is 11.8 Å². The van der Waals surface area contributed by atoms with Gasteiger partial charge in [-0.2, -0.15) is 0 Å². The number of carbonyl (C=O) groups excluding carboxylic acids is 2. The number of thioether (sulfide) groups is 1. The molecule has 3 aromatic rings. The lowest BCUT2D eigenvalue weighted by atomic mass is 10.2. The third-order valence-electron chi connectivity index (χ3n) is 4.83. The summed E-state index contributed by atoms with van der Waals surface area (Å²) < 4.78 is 6.46. The molecule has 1 N–H and O–H groups in total. The van der Waals surface area contributed by atoms with Crippen LogP contribution < -0.4 is 15.2 Å². The van der Waals surface area contributed by atoms with Crippen LogP contribution in [0.5, 0.6) is 5.75 Å². The lowest BCUT2D eigenvalue weighted by Gasteiger charge is -2.16. The molecule has 8 nitrogen and oxygen atoms in total. The molecule has 1 saturated heterocycles. The van der Waals surface area contributed by atoms with Crippen LogP contribution in [0.2, 0.25) is 0 Å². The predicted octanol–water partition coefficient (Wildman–Crippen LogP) is 1.82. The van der Waals surface area contributed by atoms with E-state index >= 15 is 0 Å². The Morgan fingerprint density at radius 1 is 1.13 bits per heavy atom. The van der Waals surface area contributed by atoms with Gasteiger partial charge in [0.05, 0.1) is 36.9 Å². The number of methoxy groups -OCH3 is 1. The lowest BCUT2D eigenvalue weighted by Crippen LogP contribution is -2.31. The summed E-state index contributed by atoms with van der Waals surface area (Å²) >= 11 is 1.07. The SMILES string of the molecule is COc1ccc(N2C(=O)CC(Sc3nc4ccccc4c(=O)n3CCO)C2=O)cc1. The first-order valence-corrected chi connectivity index (χ1v) is 10.2. The van der Waals surface area contributed by atoms with Crippen LogP contribution in [-0.2, 0) is 16.1 Å². The molecule has 0 bridgehead atoms. The summed E-state index contributed by atoms with van der Waals surface area (Å²) in [6.45, 7) is -0.195. The van der Waals surface area contributed by atoms with Gasteiger partial charge in [0.2, 0.25) is 11.8 Å². The average Bonchev–Trinajstić information content (AvgIpc) is 3.04. The van der Waals surface area contributed by atoms with Crippen LogP contribution in [0, 0.1) is 0 Å². The van der Waals surface area contributed by atoms with Gasteiger partial charge in [0, 0.05) is 6.42 Å². The van der Waals surface area contributed by atoms with Crippen LogP contribution in [0.15, 0.2) is 58.5 Å². The highest BCUT2D eigenvalue weighted by molar-refractivity contribution is 8.00. The largest absolute Gasteiger partial charge is 0.497 e. The van der Waals surface area contributed by atoms with Gasteiger partial charge < -0.3 is 9.84 Å².